The molecule has 1 spiro atoms. The first kappa shape index (κ1) is 26.1. The quantitative estimate of drug-likeness (QED) is 0.452. The number of ether oxygens (including phenoxy) is 1. The lowest BCUT2D eigenvalue weighted by Gasteiger charge is -2.41. The molecule has 4 aliphatic heterocycles. The van der Waals surface area contributed by atoms with E-state index in [-0.39, 0.29) is 30.9 Å². The van der Waals surface area contributed by atoms with Crippen LogP contribution in [-0.2, 0) is 19.1 Å². The molecule has 39 heavy (non-hydrogen) atoms. The van der Waals surface area contributed by atoms with Crippen LogP contribution < -0.4 is 4.90 Å². The van der Waals surface area contributed by atoms with Crippen molar-refractivity contribution >= 4 is 46.0 Å². The lowest BCUT2D eigenvalue weighted by Crippen LogP contribution is -2.58. The number of fused-ring (bicyclic) bond motifs is 3. The van der Waals surface area contributed by atoms with E-state index in [1.807, 2.05) is 87.5 Å². The molecule has 2 fully saturated rings. The van der Waals surface area contributed by atoms with Gasteiger partial charge in [0.2, 0.25) is 5.91 Å². The van der Waals surface area contributed by atoms with Crippen molar-refractivity contribution in [1.29, 1.82) is 0 Å². The number of anilines is 1. The second-order valence-electron chi connectivity index (χ2n) is 11.3. The molecule has 0 saturated carbocycles. The number of hydrogen-bond donors (Lipinski definition) is 1. The smallest absolute Gasteiger partial charge is 0.311 e. The van der Waals surface area contributed by atoms with Crippen LogP contribution in [-0.4, -0.2) is 69.1 Å². The minimum atomic E-state index is -0.971. The van der Waals surface area contributed by atoms with E-state index in [4.69, 9.17) is 4.74 Å². The summed E-state index contributed by atoms with van der Waals surface area (Å²) in [5.41, 5.74) is 0.753. The molecule has 4 aliphatic rings. The number of carbonyl (C=O) groups is 3. The maximum Gasteiger partial charge on any atom is 0.311 e. The minimum Gasteiger partial charge on any atom is -0.461 e. The van der Waals surface area contributed by atoms with Crippen molar-refractivity contribution in [1.82, 2.24) is 4.90 Å². The zero-order valence-electron chi connectivity index (χ0n) is 22.4. The minimum absolute atomic E-state index is 0.0404. The molecule has 7 nitrogen and oxygen atoms in total. The topological polar surface area (TPSA) is 87.2 Å². The molecule has 4 heterocycles. The Balaban J connectivity index is 1.52. The summed E-state index contributed by atoms with van der Waals surface area (Å²) in [6.07, 6.45) is 8.49. The van der Waals surface area contributed by atoms with Crippen LogP contribution in [0.2, 0.25) is 0 Å². The Bertz CT molecular complexity index is 1410. The van der Waals surface area contributed by atoms with Crippen LogP contribution in [0.4, 0.5) is 5.69 Å². The fraction of sp³-hybridized carbons (Fsp3) is 0.452. The van der Waals surface area contributed by atoms with E-state index in [0.29, 0.717) is 6.54 Å². The second-order valence-corrected chi connectivity index (χ2v) is 13.1. The van der Waals surface area contributed by atoms with Gasteiger partial charge in [-0.1, -0.05) is 68.8 Å². The molecule has 2 aromatic rings. The molecule has 7 atom stereocenters. The van der Waals surface area contributed by atoms with Crippen LogP contribution in [0.5, 0.6) is 0 Å². The average molecular weight is 547 g/mol. The van der Waals surface area contributed by atoms with Crippen molar-refractivity contribution in [2.24, 2.45) is 17.8 Å². The SMILES string of the molecule is CC[C@H](C)[C@H](CO)N1C(=O)[C@@H]2[C@H]3C(=O)OCC=C[C@@]3(C)S[C@@]23C=CCN(c2ccc4ccccc4c2)C(=O)C13. The van der Waals surface area contributed by atoms with E-state index >= 15 is 0 Å². The number of nitrogens with zero attached hydrogens (tertiary/aromatic N) is 2. The summed E-state index contributed by atoms with van der Waals surface area (Å²) in [7, 11) is 0. The van der Waals surface area contributed by atoms with E-state index in [1.165, 1.54) is 11.8 Å². The lowest BCUT2D eigenvalue weighted by molar-refractivity contribution is -0.153. The van der Waals surface area contributed by atoms with Crippen LogP contribution in [0.1, 0.15) is 27.2 Å². The molecular weight excluding hydrogens is 512 g/mol. The molecule has 2 saturated heterocycles. The van der Waals surface area contributed by atoms with Crippen molar-refractivity contribution in [3.8, 4) is 0 Å². The number of aliphatic hydroxyl groups is 1. The number of benzene rings is 2. The third-order valence-electron chi connectivity index (χ3n) is 9.14. The molecule has 0 radical (unpaired) electrons. The number of rotatable bonds is 5. The van der Waals surface area contributed by atoms with Crippen LogP contribution in [0.15, 0.2) is 66.8 Å². The van der Waals surface area contributed by atoms with E-state index < -0.39 is 39.4 Å². The Kier molecular flexibility index (Phi) is 6.38. The lowest BCUT2D eigenvalue weighted by atomic mass is 9.75. The fourth-order valence-electron chi connectivity index (χ4n) is 7.04. The Labute approximate surface area is 232 Å². The van der Waals surface area contributed by atoms with Gasteiger partial charge in [-0.25, -0.2) is 0 Å². The Morgan fingerprint density at radius 1 is 1.05 bits per heavy atom. The van der Waals surface area contributed by atoms with Gasteiger partial charge in [0.25, 0.3) is 5.91 Å². The van der Waals surface area contributed by atoms with Crippen LogP contribution >= 0.6 is 11.8 Å². The highest BCUT2D eigenvalue weighted by Crippen LogP contribution is 2.66. The third kappa shape index (κ3) is 3.79. The van der Waals surface area contributed by atoms with E-state index in [9.17, 15) is 19.5 Å². The average Bonchev–Trinajstić information content (AvgIpc) is 3.19. The first-order valence-electron chi connectivity index (χ1n) is 13.7. The Hall–Kier alpha value is -3.10. The van der Waals surface area contributed by atoms with E-state index in [1.54, 1.807) is 9.80 Å². The van der Waals surface area contributed by atoms with Gasteiger partial charge in [0.1, 0.15) is 12.6 Å². The molecule has 2 aromatic carbocycles. The molecular formula is C31H34N2O5S. The van der Waals surface area contributed by atoms with Crippen molar-refractivity contribution in [3.05, 3.63) is 66.8 Å². The molecule has 8 heteroatoms. The predicted molar refractivity (Wildman–Crippen MR) is 152 cm³/mol. The number of aliphatic hydroxyl groups excluding tert-OH is 1. The van der Waals surface area contributed by atoms with Gasteiger partial charge in [-0.3, -0.25) is 14.4 Å². The fourth-order valence-corrected chi connectivity index (χ4v) is 9.18. The highest BCUT2D eigenvalue weighted by Gasteiger charge is 2.74. The largest absolute Gasteiger partial charge is 0.461 e. The standard InChI is InChI=1S/C31H34N2O5S/c1-4-19(2)23(18-34)33-26-28(36)32(22-12-11-20-9-5-6-10-21(20)17-22)15-7-14-31(26)24(27(33)35)25-29(37)38-16-8-13-30(25,3)39-31/h5-14,17,19,23-26,34H,4,15-16,18H2,1-3H3/t19-,23-,24-,25-,26?,30+,31-/m0/s1. The third-order valence-corrected chi connectivity index (χ3v) is 10.9. The molecule has 1 unspecified atom stereocenters. The first-order chi connectivity index (χ1) is 18.8. The van der Waals surface area contributed by atoms with Crippen molar-refractivity contribution in [3.63, 3.8) is 0 Å². The highest BCUT2D eigenvalue weighted by atomic mass is 32.2. The van der Waals surface area contributed by atoms with Crippen molar-refractivity contribution in [2.75, 3.05) is 24.7 Å². The number of thioether (sulfide) groups is 1. The van der Waals surface area contributed by atoms with Crippen LogP contribution in [0, 0.1) is 17.8 Å². The number of cyclic esters (lactones) is 1. The van der Waals surface area contributed by atoms with Crippen molar-refractivity contribution < 1.29 is 24.2 Å². The van der Waals surface area contributed by atoms with Crippen LogP contribution in [0.3, 0.4) is 0 Å². The summed E-state index contributed by atoms with van der Waals surface area (Å²) >= 11 is 1.52. The van der Waals surface area contributed by atoms with Gasteiger partial charge in [-0.05, 0) is 41.8 Å². The van der Waals surface area contributed by atoms with Crippen molar-refractivity contribution in [2.45, 2.75) is 48.8 Å². The number of esters is 1. The van der Waals surface area contributed by atoms with Crippen LogP contribution in [0.25, 0.3) is 10.8 Å². The summed E-state index contributed by atoms with van der Waals surface area (Å²) < 4.78 is 3.84. The summed E-state index contributed by atoms with van der Waals surface area (Å²) in [6.45, 7) is 6.23. The predicted octanol–water partition coefficient (Wildman–Crippen LogP) is 3.95. The van der Waals surface area contributed by atoms with Gasteiger partial charge in [-0.15, -0.1) is 11.8 Å². The Morgan fingerprint density at radius 2 is 1.82 bits per heavy atom. The number of amides is 2. The highest BCUT2D eigenvalue weighted by molar-refractivity contribution is 8.02. The molecule has 6 rings (SSSR count). The number of hydrogen-bond acceptors (Lipinski definition) is 6. The normalized spacial score (nSPS) is 33.3. The molecule has 2 amide bonds. The zero-order chi connectivity index (χ0) is 27.5. The number of carbonyl (C=O) groups excluding carboxylic acids is 3. The molecule has 0 bridgehead atoms. The van der Waals surface area contributed by atoms with Gasteiger partial charge in [0, 0.05) is 17.0 Å². The summed E-state index contributed by atoms with van der Waals surface area (Å²) in [5.74, 6) is -2.42. The van der Waals surface area contributed by atoms with Gasteiger partial charge in [-0.2, -0.15) is 0 Å². The van der Waals surface area contributed by atoms with E-state index in [2.05, 4.69) is 0 Å². The summed E-state index contributed by atoms with van der Waals surface area (Å²) in [6, 6.07) is 12.5. The molecule has 0 aliphatic carbocycles. The van der Waals surface area contributed by atoms with Gasteiger partial charge in [0.05, 0.1) is 29.2 Å². The maximum absolute atomic E-state index is 14.7. The summed E-state index contributed by atoms with van der Waals surface area (Å²) in [5, 5.41) is 12.6. The Morgan fingerprint density at radius 3 is 2.56 bits per heavy atom. The second kappa shape index (κ2) is 9.52. The van der Waals surface area contributed by atoms with Gasteiger partial charge < -0.3 is 19.6 Å². The van der Waals surface area contributed by atoms with Gasteiger partial charge in [0.15, 0.2) is 0 Å². The summed E-state index contributed by atoms with van der Waals surface area (Å²) in [4.78, 5) is 45.9. The monoisotopic (exact) mass is 546 g/mol. The molecule has 204 valence electrons. The molecule has 0 aromatic heterocycles. The zero-order valence-corrected chi connectivity index (χ0v) is 23.3. The first-order valence-corrected chi connectivity index (χ1v) is 14.5. The van der Waals surface area contributed by atoms with E-state index in [0.717, 1.165) is 22.9 Å². The molecule has 1 N–H and O–H groups in total. The van der Waals surface area contributed by atoms with Gasteiger partial charge >= 0.3 is 5.97 Å². The maximum atomic E-state index is 14.7. The number of likely N-dealkylation sites (tertiary alicyclic amines) is 1.